The number of aliphatic hydroxyl groups is 2. The Kier molecular flexibility index (Phi) is 4.74. The lowest BCUT2D eigenvalue weighted by molar-refractivity contribution is -0.161. The molecular weight excluding hydrogens is 360 g/mol. The topological polar surface area (TPSA) is 93.1 Å². The first kappa shape index (κ1) is 19.4. The summed E-state index contributed by atoms with van der Waals surface area (Å²) in [6, 6.07) is 5.81. The monoisotopic (exact) mass is 388 g/mol. The SMILES string of the molecule is CC(=O)Oc1ccc2c(c1)CC[C@H]1[C@@H]3[C@H](O)[C@H](O)[C@H](OC(C)=O)[C@@]3(C)CC[C@H]21. The Morgan fingerprint density at radius 1 is 1.11 bits per heavy atom. The van der Waals surface area contributed by atoms with E-state index in [1.165, 1.54) is 25.0 Å². The predicted molar refractivity (Wildman–Crippen MR) is 101 cm³/mol. The van der Waals surface area contributed by atoms with Crippen LogP contribution in [0.2, 0.25) is 0 Å². The first-order chi connectivity index (χ1) is 13.2. The van der Waals surface area contributed by atoms with Crippen LogP contribution in [0.15, 0.2) is 18.2 Å². The van der Waals surface area contributed by atoms with E-state index in [9.17, 15) is 19.8 Å². The highest BCUT2D eigenvalue weighted by molar-refractivity contribution is 5.69. The second-order valence-electron chi connectivity index (χ2n) is 8.84. The van der Waals surface area contributed by atoms with Gasteiger partial charge in [-0.15, -0.1) is 0 Å². The molecule has 0 amide bonds. The largest absolute Gasteiger partial charge is 0.459 e. The zero-order chi connectivity index (χ0) is 20.2. The van der Waals surface area contributed by atoms with Crippen LogP contribution in [0.25, 0.3) is 0 Å². The van der Waals surface area contributed by atoms with Gasteiger partial charge in [-0.1, -0.05) is 13.0 Å². The van der Waals surface area contributed by atoms with Crippen LogP contribution in [0.1, 0.15) is 57.1 Å². The maximum atomic E-state index is 11.6. The molecule has 0 bridgehead atoms. The van der Waals surface area contributed by atoms with Crippen LogP contribution < -0.4 is 4.74 Å². The van der Waals surface area contributed by atoms with Crippen molar-refractivity contribution in [1.29, 1.82) is 0 Å². The predicted octanol–water partition coefficient (Wildman–Crippen LogP) is 2.34. The van der Waals surface area contributed by atoms with E-state index in [4.69, 9.17) is 9.47 Å². The molecule has 6 nitrogen and oxygen atoms in total. The number of carbonyl (C=O) groups is 2. The highest BCUT2D eigenvalue weighted by Gasteiger charge is 2.64. The van der Waals surface area contributed by atoms with Crippen molar-refractivity contribution >= 4 is 11.9 Å². The number of rotatable bonds is 2. The van der Waals surface area contributed by atoms with Crippen LogP contribution in [0, 0.1) is 17.3 Å². The summed E-state index contributed by atoms with van der Waals surface area (Å²) >= 11 is 0. The molecule has 0 saturated heterocycles. The smallest absolute Gasteiger partial charge is 0.308 e. The Hall–Kier alpha value is -1.92. The van der Waals surface area contributed by atoms with Crippen molar-refractivity contribution in [3.63, 3.8) is 0 Å². The van der Waals surface area contributed by atoms with Gasteiger partial charge in [0, 0.05) is 19.3 Å². The molecule has 1 aromatic rings. The molecule has 3 aliphatic carbocycles. The molecule has 1 aromatic carbocycles. The number of carbonyl (C=O) groups excluding carboxylic acids is 2. The summed E-state index contributed by atoms with van der Waals surface area (Å²) < 4.78 is 10.7. The molecule has 152 valence electrons. The van der Waals surface area contributed by atoms with Crippen molar-refractivity contribution in [3.8, 4) is 5.75 Å². The number of benzene rings is 1. The molecule has 0 aliphatic heterocycles. The molecular formula is C22H28O6. The fourth-order valence-corrected chi connectivity index (χ4v) is 6.21. The van der Waals surface area contributed by atoms with Gasteiger partial charge < -0.3 is 19.7 Å². The lowest BCUT2D eigenvalue weighted by Gasteiger charge is -2.50. The molecule has 28 heavy (non-hydrogen) atoms. The van der Waals surface area contributed by atoms with E-state index >= 15 is 0 Å². The van der Waals surface area contributed by atoms with Gasteiger partial charge in [0.2, 0.25) is 0 Å². The number of aliphatic hydroxyl groups excluding tert-OH is 2. The quantitative estimate of drug-likeness (QED) is 0.597. The third kappa shape index (κ3) is 2.94. The van der Waals surface area contributed by atoms with E-state index < -0.39 is 29.7 Å². The van der Waals surface area contributed by atoms with Gasteiger partial charge in [0.05, 0.1) is 6.10 Å². The molecule has 0 unspecified atom stereocenters. The van der Waals surface area contributed by atoms with Crippen LogP contribution in [0.3, 0.4) is 0 Å². The van der Waals surface area contributed by atoms with Crippen molar-refractivity contribution in [3.05, 3.63) is 29.3 Å². The Bertz CT molecular complexity index is 804. The third-order valence-corrected chi connectivity index (χ3v) is 7.23. The average Bonchev–Trinajstić information content (AvgIpc) is 2.81. The number of hydrogen-bond donors (Lipinski definition) is 2. The maximum absolute atomic E-state index is 11.6. The molecule has 4 rings (SSSR count). The fourth-order valence-electron chi connectivity index (χ4n) is 6.21. The summed E-state index contributed by atoms with van der Waals surface area (Å²) in [5.41, 5.74) is 2.00. The van der Waals surface area contributed by atoms with E-state index in [1.807, 2.05) is 25.1 Å². The highest BCUT2D eigenvalue weighted by Crippen LogP contribution is 2.61. The second kappa shape index (κ2) is 6.85. The Balaban J connectivity index is 1.65. The summed E-state index contributed by atoms with van der Waals surface area (Å²) in [6.07, 6.45) is 0.787. The molecule has 2 N–H and O–H groups in total. The lowest BCUT2D eigenvalue weighted by Crippen LogP contribution is -2.47. The summed E-state index contributed by atoms with van der Waals surface area (Å²) in [4.78, 5) is 22.8. The number of fused-ring (bicyclic) bond motifs is 5. The second-order valence-corrected chi connectivity index (χ2v) is 8.84. The van der Waals surface area contributed by atoms with E-state index in [-0.39, 0.29) is 23.7 Å². The highest BCUT2D eigenvalue weighted by atomic mass is 16.6. The average molecular weight is 388 g/mol. The van der Waals surface area contributed by atoms with Crippen LogP contribution in [0.5, 0.6) is 5.75 Å². The summed E-state index contributed by atoms with van der Waals surface area (Å²) in [5, 5.41) is 21.5. The molecule has 3 aliphatic rings. The molecule has 0 spiro atoms. The van der Waals surface area contributed by atoms with E-state index in [0.29, 0.717) is 5.75 Å². The minimum absolute atomic E-state index is 0.119. The summed E-state index contributed by atoms with van der Waals surface area (Å²) in [5.74, 6) is 0.194. The first-order valence-corrected chi connectivity index (χ1v) is 10.1. The van der Waals surface area contributed by atoms with Crippen molar-refractivity contribution in [2.24, 2.45) is 17.3 Å². The number of aryl methyl sites for hydroxylation is 1. The number of hydrogen-bond acceptors (Lipinski definition) is 6. The van der Waals surface area contributed by atoms with Crippen LogP contribution in [-0.4, -0.2) is 40.5 Å². The lowest BCUT2D eigenvalue weighted by atomic mass is 9.55. The van der Waals surface area contributed by atoms with E-state index in [2.05, 4.69) is 0 Å². The van der Waals surface area contributed by atoms with Gasteiger partial charge in [0.15, 0.2) is 0 Å². The molecule has 2 fully saturated rings. The van der Waals surface area contributed by atoms with Gasteiger partial charge in [-0.2, -0.15) is 0 Å². The standard InChI is InChI=1S/C22H28O6/c1-11(23)27-14-5-7-15-13(10-14)4-6-17-16(15)8-9-22(3)18(17)19(25)20(26)21(22)28-12(2)24/h5,7,10,16-21,25-26H,4,6,8-9H2,1-3H3/t16-,17-,18-,19+,20+,21+,22+/m1/s1. The van der Waals surface area contributed by atoms with Gasteiger partial charge >= 0.3 is 11.9 Å². The molecule has 6 heteroatoms. The van der Waals surface area contributed by atoms with Crippen molar-refractivity contribution in [2.75, 3.05) is 0 Å². The number of esters is 2. The minimum atomic E-state index is -1.05. The van der Waals surface area contributed by atoms with Gasteiger partial charge in [-0.25, -0.2) is 0 Å². The summed E-state index contributed by atoms with van der Waals surface area (Å²) in [7, 11) is 0. The zero-order valence-electron chi connectivity index (χ0n) is 16.6. The van der Waals surface area contributed by atoms with E-state index in [0.717, 1.165) is 25.7 Å². The Morgan fingerprint density at radius 3 is 2.54 bits per heavy atom. The van der Waals surface area contributed by atoms with Gasteiger partial charge in [-0.3, -0.25) is 9.59 Å². The van der Waals surface area contributed by atoms with Crippen molar-refractivity contribution in [1.82, 2.24) is 0 Å². The minimum Gasteiger partial charge on any atom is -0.459 e. The van der Waals surface area contributed by atoms with E-state index in [1.54, 1.807) is 0 Å². The van der Waals surface area contributed by atoms with Crippen molar-refractivity contribution < 1.29 is 29.3 Å². The zero-order valence-corrected chi connectivity index (χ0v) is 16.6. The maximum Gasteiger partial charge on any atom is 0.308 e. The van der Waals surface area contributed by atoms with Crippen LogP contribution in [-0.2, 0) is 20.7 Å². The number of ether oxygens (including phenoxy) is 2. The van der Waals surface area contributed by atoms with Crippen LogP contribution >= 0.6 is 0 Å². The fraction of sp³-hybridized carbons (Fsp3) is 0.636. The van der Waals surface area contributed by atoms with Gasteiger partial charge in [0.1, 0.15) is 18.0 Å². The van der Waals surface area contributed by atoms with Crippen molar-refractivity contribution in [2.45, 2.75) is 70.7 Å². The van der Waals surface area contributed by atoms with Gasteiger partial charge in [0.25, 0.3) is 0 Å². The molecule has 0 heterocycles. The summed E-state index contributed by atoms with van der Waals surface area (Å²) in [6.45, 7) is 4.78. The van der Waals surface area contributed by atoms with Crippen LogP contribution in [0.4, 0.5) is 0 Å². The molecule has 7 atom stereocenters. The molecule has 0 aromatic heterocycles. The Morgan fingerprint density at radius 2 is 1.86 bits per heavy atom. The molecule has 0 radical (unpaired) electrons. The Labute approximate surface area is 164 Å². The first-order valence-electron chi connectivity index (χ1n) is 10.1. The van der Waals surface area contributed by atoms with Gasteiger partial charge in [-0.05, 0) is 66.7 Å². The third-order valence-electron chi connectivity index (χ3n) is 7.23. The molecule has 2 saturated carbocycles. The normalized spacial score (nSPS) is 38.8.